The first kappa shape index (κ1) is 10.7. The van der Waals surface area contributed by atoms with E-state index in [0.717, 1.165) is 35.7 Å². The van der Waals surface area contributed by atoms with Crippen LogP contribution in [0.5, 0.6) is 0 Å². The zero-order valence-corrected chi connectivity index (χ0v) is 9.64. The van der Waals surface area contributed by atoms with Crippen molar-refractivity contribution in [2.24, 2.45) is 7.05 Å². The monoisotopic (exact) mass is 216 g/mol. The fourth-order valence-corrected chi connectivity index (χ4v) is 1.65. The molecule has 0 bridgehead atoms. The molecule has 84 valence electrons. The quantitative estimate of drug-likeness (QED) is 0.798. The van der Waals surface area contributed by atoms with Gasteiger partial charge in [0.25, 0.3) is 0 Å². The van der Waals surface area contributed by atoms with E-state index in [1.54, 1.807) is 0 Å². The Morgan fingerprint density at radius 1 is 1.25 bits per heavy atom. The highest BCUT2D eigenvalue weighted by Gasteiger charge is 2.08. The lowest BCUT2D eigenvalue weighted by molar-refractivity contribution is 0.737. The second-order valence-electron chi connectivity index (χ2n) is 3.85. The average molecular weight is 216 g/mol. The lowest BCUT2D eigenvalue weighted by Crippen LogP contribution is -1.95. The number of aryl methyl sites for hydroxylation is 2. The van der Waals surface area contributed by atoms with Gasteiger partial charge in [0.05, 0.1) is 0 Å². The molecule has 1 aromatic heterocycles. The molecule has 0 atom stereocenters. The number of nitrogens with two attached hydrogens (primary N) is 1. The molecule has 0 amide bonds. The second kappa shape index (κ2) is 4.35. The van der Waals surface area contributed by atoms with Crippen molar-refractivity contribution >= 4 is 5.69 Å². The molecule has 2 N–H and O–H groups in total. The minimum absolute atomic E-state index is 0.764. The first-order chi connectivity index (χ1) is 7.70. The molecule has 1 aromatic carbocycles. The van der Waals surface area contributed by atoms with Crippen LogP contribution >= 0.6 is 0 Å². The van der Waals surface area contributed by atoms with Gasteiger partial charge in [-0.25, -0.2) is 9.67 Å². The van der Waals surface area contributed by atoms with Crippen LogP contribution in [0.1, 0.15) is 19.2 Å². The van der Waals surface area contributed by atoms with Crippen molar-refractivity contribution in [3.8, 4) is 11.4 Å². The number of anilines is 1. The third-order valence-electron chi connectivity index (χ3n) is 2.45. The molecule has 0 unspecified atom stereocenters. The minimum Gasteiger partial charge on any atom is -0.399 e. The van der Waals surface area contributed by atoms with Crippen LogP contribution in [0.15, 0.2) is 24.3 Å². The highest BCUT2D eigenvalue weighted by molar-refractivity contribution is 5.58. The molecule has 16 heavy (non-hydrogen) atoms. The van der Waals surface area contributed by atoms with Gasteiger partial charge in [-0.1, -0.05) is 6.92 Å². The third-order valence-corrected chi connectivity index (χ3v) is 2.45. The first-order valence-electron chi connectivity index (χ1n) is 5.46. The van der Waals surface area contributed by atoms with E-state index in [-0.39, 0.29) is 0 Å². The normalized spacial score (nSPS) is 10.6. The zero-order valence-electron chi connectivity index (χ0n) is 9.64. The Morgan fingerprint density at radius 3 is 2.56 bits per heavy atom. The van der Waals surface area contributed by atoms with Crippen molar-refractivity contribution in [2.75, 3.05) is 5.73 Å². The maximum Gasteiger partial charge on any atom is 0.158 e. The van der Waals surface area contributed by atoms with E-state index in [9.17, 15) is 0 Å². The predicted octanol–water partition coefficient (Wildman–Crippen LogP) is 2.02. The maximum absolute atomic E-state index is 5.65. The lowest BCUT2D eigenvalue weighted by atomic mass is 10.2. The molecule has 0 aliphatic rings. The Bertz CT molecular complexity index is 470. The van der Waals surface area contributed by atoms with Gasteiger partial charge >= 0.3 is 0 Å². The van der Waals surface area contributed by atoms with Crippen LogP contribution < -0.4 is 5.73 Å². The highest BCUT2D eigenvalue weighted by Crippen LogP contribution is 2.18. The smallest absolute Gasteiger partial charge is 0.158 e. The van der Waals surface area contributed by atoms with Crippen molar-refractivity contribution in [1.82, 2.24) is 14.8 Å². The summed E-state index contributed by atoms with van der Waals surface area (Å²) >= 11 is 0. The Kier molecular flexibility index (Phi) is 2.90. The van der Waals surface area contributed by atoms with Crippen LogP contribution in [0.25, 0.3) is 11.4 Å². The van der Waals surface area contributed by atoms with Crippen molar-refractivity contribution in [3.05, 3.63) is 30.1 Å². The predicted molar refractivity (Wildman–Crippen MR) is 64.8 cm³/mol. The largest absolute Gasteiger partial charge is 0.399 e. The van der Waals surface area contributed by atoms with E-state index in [1.165, 1.54) is 0 Å². The molecule has 4 nitrogen and oxygen atoms in total. The molecule has 0 aliphatic carbocycles. The summed E-state index contributed by atoms with van der Waals surface area (Å²) in [5.74, 6) is 1.79. The van der Waals surface area contributed by atoms with Crippen LogP contribution in [-0.4, -0.2) is 14.8 Å². The number of nitrogens with zero attached hydrogens (tertiary/aromatic N) is 3. The van der Waals surface area contributed by atoms with E-state index in [1.807, 2.05) is 36.0 Å². The average Bonchev–Trinajstić information content (AvgIpc) is 2.61. The zero-order chi connectivity index (χ0) is 11.5. The Balaban J connectivity index is 2.36. The second-order valence-corrected chi connectivity index (χ2v) is 3.85. The van der Waals surface area contributed by atoms with Crippen LogP contribution in [-0.2, 0) is 13.5 Å². The van der Waals surface area contributed by atoms with E-state index >= 15 is 0 Å². The maximum atomic E-state index is 5.65. The van der Waals surface area contributed by atoms with Gasteiger partial charge < -0.3 is 5.73 Å². The van der Waals surface area contributed by atoms with Crippen LogP contribution in [0, 0.1) is 0 Å². The summed E-state index contributed by atoms with van der Waals surface area (Å²) in [4.78, 5) is 4.51. The molecule has 0 saturated carbocycles. The van der Waals surface area contributed by atoms with Gasteiger partial charge in [-0.05, 0) is 30.7 Å². The highest BCUT2D eigenvalue weighted by atomic mass is 15.3. The Hall–Kier alpha value is -1.84. The standard InChI is InChI=1S/C12H16N4/c1-3-4-11-14-12(16(2)15-11)9-5-7-10(13)8-6-9/h5-8H,3-4,13H2,1-2H3. The molecule has 1 heterocycles. The van der Waals surface area contributed by atoms with Gasteiger partial charge in [0.1, 0.15) is 0 Å². The molecular weight excluding hydrogens is 200 g/mol. The summed E-state index contributed by atoms with van der Waals surface area (Å²) in [5.41, 5.74) is 7.46. The summed E-state index contributed by atoms with van der Waals surface area (Å²) in [7, 11) is 1.91. The molecule has 0 aliphatic heterocycles. The number of hydrogen-bond donors (Lipinski definition) is 1. The Labute approximate surface area is 95.1 Å². The van der Waals surface area contributed by atoms with Crippen molar-refractivity contribution in [1.29, 1.82) is 0 Å². The van der Waals surface area contributed by atoms with Gasteiger partial charge in [0.2, 0.25) is 0 Å². The summed E-state index contributed by atoms with van der Waals surface area (Å²) < 4.78 is 1.82. The van der Waals surface area contributed by atoms with Crippen LogP contribution in [0.2, 0.25) is 0 Å². The fraction of sp³-hybridized carbons (Fsp3) is 0.333. The Morgan fingerprint density at radius 2 is 1.94 bits per heavy atom. The number of rotatable bonds is 3. The number of benzene rings is 1. The van der Waals surface area contributed by atoms with Gasteiger partial charge in [-0.3, -0.25) is 0 Å². The third kappa shape index (κ3) is 2.05. The van der Waals surface area contributed by atoms with E-state index in [0.29, 0.717) is 0 Å². The molecule has 2 aromatic rings. The molecule has 0 fully saturated rings. The van der Waals surface area contributed by atoms with Gasteiger partial charge in [0, 0.05) is 24.7 Å². The molecule has 0 saturated heterocycles. The van der Waals surface area contributed by atoms with Crippen LogP contribution in [0.4, 0.5) is 5.69 Å². The van der Waals surface area contributed by atoms with E-state index in [2.05, 4.69) is 17.0 Å². The fourth-order valence-electron chi connectivity index (χ4n) is 1.65. The van der Waals surface area contributed by atoms with Gasteiger partial charge in [0.15, 0.2) is 11.6 Å². The van der Waals surface area contributed by atoms with E-state index in [4.69, 9.17) is 5.73 Å². The minimum atomic E-state index is 0.764. The number of aromatic nitrogens is 3. The summed E-state index contributed by atoms with van der Waals surface area (Å²) in [6.45, 7) is 2.12. The summed E-state index contributed by atoms with van der Waals surface area (Å²) in [6.07, 6.45) is 1.98. The molecule has 4 heteroatoms. The van der Waals surface area contributed by atoms with Crippen molar-refractivity contribution < 1.29 is 0 Å². The molecular formula is C12H16N4. The van der Waals surface area contributed by atoms with E-state index < -0.39 is 0 Å². The van der Waals surface area contributed by atoms with Gasteiger partial charge in [-0.2, -0.15) is 5.10 Å². The molecule has 0 spiro atoms. The number of nitrogen functional groups attached to an aromatic ring is 1. The lowest BCUT2D eigenvalue weighted by Gasteiger charge is -1.99. The van der Waals surface area contributed by atoms with Crippen molar-refractivity contribution in [2.45, 2.75) is 19.8 Å². The SMILES string of the molecule is CCCc1nc(-c2ccc(N)cc2)n(C)n1. The summed E-state index contributed by atoms with van der Waals surface area (Å²) in [5, 5.41) is 4.37. The number of hydrogen-bond acceptors (Lipinski definition) is 3. The van der Waals surface area contributed by atoms with Gasteiger partial charge in [-0.15, -0.1) is 0 Å². The molecule has 0 radical (unpaired) electrons. The summed E-state index contributed by atoms with van der Waals surface area (Å²) in [6, 6.07) is 7.69. The first-order valence-corrected chi connectivity index (χ1v) is 5.46. The topological polar surface area (TPSA) is 56.7 Å². The van der Waals surface area contributed by atoms with Crippen LogP contribution in [0.3, 0.4) is 0 Å². The van der Waals surface area contributed by atoms with Crippen molar-refractivity contribution in [3.63, 3.8) is 0 Å². The molecule has 2 rings (SSSR count).